The highest BCUT2D eigenvalue weighted by Crippen LogP contribution is 2.39. The zero-order valence-electron chi connectivity index (χ0n) is 11.0. The van der Waals surface area contributed by atoms with Crippen molar-refractivity contribution in [3.05, 3.63) is 23.3 Å². The Hall–Kier alpha value is -1.27. The van der Waals surface area contributed by atoms with Gasteiger partial charge in [0.25, 0.3) is 0 Å². The van der Waals surface area contributed by atoms with E-state index in [1.54, 1.807) is 0 Å². The summed E-state index contributed by atoms with van der Waals surface area (Å²) in [5.74, 6) is 1.48. The van der Waals surface area contributed by atoms with E-state index in [1.807, 2.05) is 19.1 Å². The highest BCUT2D eigenvalue weighted by Gasteiger charge is 2.31. The predicted octanol–water partition coefficient (Wildman–Crippen LogP) is 1.34. The first-order valence-electron chi connectivity index (χ1n) is 6.36. The lowest BCUT2D eigenvalue weighted by Crippen LogP contribution is -2.38. The molecule has 1 unspecified atom stereocenters. The summed E-state index contributed by atoms with van der Waals surface area (Å²) >= 11 is 0. The lowest BCUT2D eigenvalue weighted by atomic mass is 9.94. The third-order valence-corrected chi connectivity index (χ3v) is 5.06. The Morgan fingerprint density at radius 2 is 1.84 bits per heavy atom. The molecule has 2 aliphatic rings. The third kappa shape index (κ3) is 2.19. The number of benzene rings is 1. The standard InChI is InChI=1S/C13H17NO4S/c1-9-11-8-13-12(17-5-6-18-13)7-10(11)3-4-14(9)19(2,15)16/h7-9H,3-6H2,1-2H3. The molecular formula is C13H17NO4S. The normalized spacial score (nSPS) is 22.9. The second-order valence-electron chi connectivity index (χ2n) is 4.99. The van der Waals surface area contributed by atoms with Crippen LogP contribution in [0.3, 0.4) is 0 Å². The molecule has 0 N–H and O–H groups in total. The van der Waals surface area contributed by atoms with Crippen LogP contribution in [0.2, 0.25) is 0 Å². The van der Waals surface area contributed by atoms with Crippen LogP contribution in [-0.2, 0) is 16.4 Å². The molecule has 0 aliphatic carbocycles. The zero-order chi connectivity index (χ0) is 13.6. The molecule has 1 atom stereocenters. The number of hydrogen-bond donors (Lipinski definition) is 0. The van der Waals surface area contributed by atoms with Crippen LogP contribution in [-0.4, -0.2) is 38.7 Å². The highest BCUT2D eigenvalue weighted by molar-refractivity contribution is 7.88. The lowest BCUT2D eigenvalue weighted by molar-refractivity contribution is 0.170. The summed E-state index contributed by atoms with van der Waals surface area (Å²) in [5.41, 5.74) is 2.16. The SMILES string of the molecule is CC1c2cc3c(cc2CCN1S(C)(=O)=O)OCCO3. The van der Waals surface area contributed by atoms with E-state index in [4.69, 9.17) is 9.47 Å². The van der Waals surface area contributed by atoms with Gasteiger partial charge in [-0.1, -0.05) is 0 Å². The molecule has 104 valence electrons. The van der Waals surface area contributed by atoms with Crippen LogP contribution in [0.25, 0.3) is 0 Å². The van der Waals surface area contributed by atoms with Crippen molar-refractivity contribution >= 4 is 10.0 Å². The van der Waals surface area contributed by atoms with Crippen LogP contribution in [0.5, 0.6) is 11.5 Å². The molecule has 1 aromatic rings. The Morgan fingerprint density at radius 1 is 1.21 bits per heavy atom. The number of nitrogens with zero attached hydrogens (tertiary/aromatic N) is 1. The molecular weight excluding hydrogens is 266 g/mol. The molecule has 0 amide bonds. The molecule has 0 aromatic heterocycles. The van der Waals surface area contributed by atoms with Gasteiger partial charge in [-0.3, -0.25) is 0 Å². The van der Waals surface area contributed by atoms with Crippen molar-refractivity contribution in [1.82, 2.24) is 4.31 Å². The van der Waals surface area contributed by atoms with Gasteiger partial charge in [0.1, 0.15) is 13.2 Å². The minimum absolute atomic E-state index is 0.158. The van der Waals surface area contributed by atoms with Gasteiger partial charge in [0.2, 0.25) is 10.0 Å². The van der Waals surface area contributed by atoms with Crippen molar-refractivity contribution in [3.63, 3.8) is 0 Å². The van der Waals surface area contributed by atoms with Crippen molar-refractivity contribution < 1.29 is 17.9 Å². The van der Waals surface area contributed by atoms with Crippen LogP contribution >= 0.6 is 0 Å². The second-order valence-corrected chi connectivity index (χ2v) is 6.93. The maximum absolute atomic E-state index is 11.8. The fourth-order valence-electron chi connectivity index (χ4n) is 2.78. The van der Waals surface area contributed by atoms with Gasteiger partial charge in [0.15, 0.2) is 11.5 Å². The summed E-state index contributed by atoms with van der Waals surface area (Å²) in [6.07, 6.45) is 1.97. The molecule has 0 radical (unpaired) electrons. The Morgan fingerprint density at radius 3 is 2.47 bits per heavy atom. The first-order chi connectivity index (χ1) is 8.97. The number of fused-ring (bicyclic) bond motifs is 2. The molecule has 6 heteroatoms. The monoisotopic (exact) mass is 283 g/mol. The quantitative estimate of drug-likeness (QED) is 0.780. The maximum Gasteiger partial charge on any atom is 0.211 e. The van der Waals surface area contributed by atoms with Crippen molar-refractivity contribution in [2.75, 3.05) is 26.0 Å². The number of rotatable bonds is 1. The molecule has 0 spiro atoms. The maximum atomic E-state index is 11.8. The molecule has 19 heavy (non-hydrogen) atoms. The van der Waals surface area contributed by atoms with Gasteiger partial charge >= 0.3 is 0 Å². The topological polar surface area (TPSA) is 55.8 Å². The van der Waals surface area contributed by atoms with Crippen LogP contribution in [0.15, 0.2) is 12.1 Å². The smallest absolute Gasteiger partial charge is 0.211 e. The van der Waals surface area contributed by atoms with E-state index in [0.717, 1.165) is 16.9 Å². The number of hydrogen-bond acceptors (Lipinski definition) is 4. The molecule has 0 fully saturated rings. The fourth-order valence-corrected chi connectivity index (χ4v) is 3.90. The number of sulfonamides is 1. The van der Waals surface area contributed by atoms with E-state index in [1.165, 1.54) is 10.6 Å². The summed E-state index contributed by atoms with van der Waals surface area (Å²) in [4.78, 5) is 0. The van der Waals surface area contributed by atoms with Crippen LogP contribution in [0.1, 0.15) is 24.1 Å². The second kappa shape index (κ2) is 4.38. The number of ether oxygens (including phenoxy) is 2. The fraction of sp³-hybridized carbons (Fsp3) is 0.538. The third-order valence-electron chi connectivity index (χ3n) is 3.71. The molecule has 1 aromatic carbocycles. The Labute approximate surface area is 113 Å². The Bertz CT molecular complexity index is 611. The van der Waals surface area contributed by atoms with Gasteiger partial charge in [-0.05, 0) is 36.6 Å². The summed E-state index contributed by atoms with van der Waals surface area (Å²) in [5, 5.41) is 0. The lowest BCUT2D eigenvalue weighted by Gasteiger charge is -2.34. The molecule has 5 nitrogen and oxygen atoms in total. The van der Waals surface area contributed by atoms with Crippen LogP contribution < -0.4 is 9.47 Å². The molecule has 2 heterocycles. The van der Waals surface area contributed by atoms with Gasteiger partial charge in [0.05, 0.1) is 6.26 Å². The first-order valence-corrected chi connectivity index (χ1v) is 8.21. The summed E-state index contributed by atoms with van der Waals surface area (Å²) in [6.45, 7) is 3.54. The summed E-state index contributed by atoms with van der Waals surface area (Å²) in [7, 11) is -3.18. The van der Waals surface area contributed by atoms with E-state index in [9.17, 15) is 8.42 Å². The molecule has 0 saturated heterocycles. The molecule has 0 bridgehead atoms. The van der Waals surface area contributed by atoms with E-state index in [-0.39, 0.29) is 6.04 Å². The average molecular weight is 283 g/mol. The van der Waals surface area contributed by atoms with Crippen LogP contribution in [0, 0.1) is 0 Å². The van der Waals surface area contributed by atoms with Crippen molar-refractivity contribution in [2.45, 2.75) is 19.4 Å². The van der Waals surface area contributed by atoms with Crippen LogP contribution in [0.4, 0.5) is 0 Å². The zero-order valence-corrected chi connectivity index (χ0v) is 11.9. The van der Waals surface area contributed by atoms with Gasteiger partial charge in [0, 0.05) is 12.6 Å². The average Bonchev–Trinajstić information content (AvgIpc) is 2.36. The molecule has 0 saturated carbocycles. The largest absolute Gasteiger partial charge is 0.486 e. The Balaban J connectivity index is 2.04. The van der Waals surface area contributed by atoms with Gasteiger partial charge in [-0.2, -0.15) is 4.31 Å². The van der Waals surface area contributed by atoms with Gasteiger partial charge < -0.3 is 9.47 Å². The van der Waals surface area contributed by atoms with Crippen molar-refractivity contribution in [1.29, 1.82) is 0 Å². The van der Waals surface area contributed by atoms with E-state index >= 15 is 0 Å². The van der Waals surface area contributed by atoms with Gasteiger partial charge in [-0.15, -0.1) is 0 Å². The Kier molecular flexibility index (Phi) is 2.94. The minimum atomic E-state index is -3.18. The van der Waals surface area contributed by atoms with Gasteiger partial charge in [-0.25, -0.2) is 8.42 Å². The highest BCUT2D eigenvalue weighted by atomic mass is 32.2. The summed E-state index contributed by atoms with van der Waals surface area (Å²) in [6, 6.07) is 3.75. The first kappa shape index (κ1) is 12.7. The molecule has 2 aliphatic heterocycles. The van der Waals surface area contributed by atoms with E-state index in [2.05, 4.69) is 0 Å². The van der Waals surface area contributed by atoms with E-state index in [0.29, 0.717) is 31.9 Å². The van der Waals surface area contributed by atoms with Crippen molar-refractivity contribution in [3.8, 4) is 11.5 Å². The minimum Gasteiger partial charge on any atom is -0.486 e. The van der Waals surface area contributed by atoms with Crippen molar-refractivity contribution in [2.24, 2.45) is 0 Å². The van der Waals surface area contributed by atoms with E-state index < -0.39 is 10.0 Å². The summed E-state index contributed by atoms with van der Waals surface area (Å²) < 4.78 is 36.2. The molecule has 3 rings (SSSR count). The predicted molar refractivity (Wildman–Crippen MR) is 71.1 cm³/mol.